The van der Waals surface area contributed by atoms with Gasteiger partial charge in [-0.1, -0.05) is 0 Å². The van der Waals surface area contributed by atoms with E-state index in [1.807, 2.05) is 0 Å². The van der Waals surface area contributed by atoms with Crippen molar-refractivity contribution in [3.05, 3.63) is 0 Å². The highest BCUT2D eigenvalue weighted by molar-refractivity contribution is 5.83. The van der Waals surface area contributed by atoms with E-state index in [2.05, 4.69) is 5.32 Å². The maximum Gasteiger partial charge on any atom is 0.332 e. The van der Waals surface area contributed by atoms with Crippen molar-refractivity contribution in [2.75, 3.05) is 26.2 Å². The summed E-state index contributed by atoms with van der Waals surface area (Å²) in [5.74, 6) is -1.18. The van der Waals surface area contributed by atoms with Gasteiger partial charge in [-0.05, 0) is 12.8 Å². The van der Waals surface area contributed by atoms with Crippen LogP contribution in [0.3, 0.4) is 0 Å². The summed E-state index contributed by atoms with van der Waals surface area (Å²) in [6.45, 7) is 2.01. The maximum absolute atomic E-state index is 12.3. The summed E-state index contributed by atoms with van der Waals surface area (Å²) >= 11 is 0. The first-order chi connectivity index (χ1) is 9.56. The van der Waals surface area contributed by atoms with Gasteiger partial charge in [-0.15, -0.1) is 0 Å². The van der Waals surface area contributed by atoms with E-state index in [4.69, 9.17) is 9.84 Å². The molecule has 110 valence electrons. The molecule has 3 amide bonds. The first-order valence-electron chi connectivity index (χ1n) is 6.78. The van der Waals surface area contributed by atoms with Gasteiger partial charge in [0.25, 0.3) is 5.91 Å². The molecular weight excluding hydrogens is 266 g/mol. The second-order valence-electron chi connectivity index (χ2n) is 5.35. The monoisotopic (exact) mass is 283 g/mol. The van der Waals surface area contributed by atoms with Crippen molar-refractivity contribution in [3.8, 4) is 0 Å². The highest BCUT2D eigenvalue weighted by atomic mass is 16.5. The topological polar surface area (TPSA) is 99.2 Å². The number of urea groups is 1. The minimum atomic E-state index is -1.02. The Balaban J connectivity index is 1.59. The Labute approximate surface area is 115 Å². The lowest BCUT2D eigenvalue weighted by atomic mass is 10.1. The largest absolute Gasteiger partial charge is 0.479 e. The van der Waals surface area contributed by atoms with Crippen LogP contribution in [-0.2, 0) is 14.3 Å². The van der Waals surface area contributed by atoms with Gasteiger partial charge >= 0.3 is 12.0 Å². The Morgan fingerprint density at radius 2 is 2.00 bits per heavy atom. The number of nitrogens with one attached hydrogen (secondary N) is 1. The summed E-state index contributed by atoms with van der Waals surface area (Å²) < 4.78 is 5.28. The molecule has 0 bridgehead atoms. The van der Waals surface area contributed by atoms with E-state index < -0.39 is 18.2 Å². The molecule has 0 aromatic rings. The molecule has 0 saturated carbocycles. The van der Waals surface area contributed by atoms with Crippen LogP contribution in [-0.4, -0.2) is 77.2 Å². The molecule has 3 heterocycles. The van der Waals surface area contributed by atoms with Gasteiger partial charge in [-0.2, -0.15) is 0 Å². The molecular formula is C12H17N3O5. The fourth-order valence-electron chi connectivity index (χ4n) is 3.01. The Hall–Kier alpha value is -1.83. The molecule has 3 saturated heterocycles. The minimum Gasteiger partial charge on any atom is -0.479 e. The third kappa shape index (κ3) is 2.20. The van der Waals surface area contributed by atoms with E-state index in [0.717, 1.165) is 0 Å². The molecule has 3 aliphatic rings. The third-order valence-electron chi connectivity index (χ3n) is 4.11. The Kier molecular flexibility index (Phi) is 3.25. The molecule has 0 aromatic heterocycles. The number of carboxylic acids is 1. The van der Waals surface area contributed by atoms with Gasteiger partial charge in [-0.3, -0.25) is 4.79 Å². The van der Waals surface area contributed by atoms with Crippen LogP contribution in [0.1, 0.15) is 12.8 Å². The average molecular weight is 283 g/mol. The number of ether oxygens (including phenoxy) is 1. The molecule has 3 rings (SSSR count). The summed E-state index contributed by atoms with van der Waals surface area (Å²) in [4.78, 5) is 38.0. The Morgan fingerprint density at radius 1 is 1.25 bits per heavy atom. The molecule has 0 spiro atoms. The summed E-state index contributed by atoms with van der Waals surface area (Å²) in [6, 6.07) is -0.0676. The number of carboxylic acid groups (broad SMARTS) is 1. The lowest BCUT2D eigenvalue weighted by Gasteiger charge is -2.37. The van der Waals surface area contributed by atoms with E-state index in [1.54, 1.807) is 9.80 Å². The number of amides is 3. The Morgan fingerprint density at radius 3 is 2.70 bits per heavy atom. The van der Waals surface area contributed by atoms with Gasteiger partial charge in [0.1, 0.15) is 6.10 Å². The number of nitrogens with zero attached hydrogens (tertiary/aromatic N) is 2. The lowest BCUT2D eigenvalue weighted by molar-refractivity contribution is -0.155. The van der Waals surface area contributed by atoms with Gasteiger partial charge in [-0.25, -0.2) is 9.59 Å². The highest BCUT2D eigenvalue weighted by Gasteiger charge is 2.41. The normalized spacial score (nSPS) is 33.0. The fraction of sp³-hybridized carbons (Fsp3) is 0.750. The van der Waals surface area contributed by atoms with Gasteiger partial charge in [0.2, 0.25) is 0 Å². The Bertz CT molecular complexity index is 454. The minimum absolute atomic E-state index is 0.0110. The third-order valence-corrected chi connectivity index (χ3v) is 4.11. The van der Waals surface area contributed by atoms with Crippen LogP contribution in [0.2, 0.25) is 0 Å². The van der Waals surface area contributed by atoms with Crippen LogP contribution in [0.4, 0.5) is 4.79 Å². The van der Waals surface area contributed by atoms with Crippen LogP contribution in [0.25, 0.3) is 0 Å². The predicted octanol–water partition coefficient (Wildman–Crippen LogP) is -1.15. The number of fused-ring (bicyclic) bond motifs is 1. The van der Waals surface area contributed by atoms with Crippen LogP contribution in [0, 0.1) is 0 Å². The highest BCUT2D eigenvalue weighted by Crippen LogP contribution is 2.23. The summed E-state index contributed by atoms with van der Waals surface area (Å²) in [7, 11) is 0. The summed E-state index contributed by atoms with van der Waals surface area (Å²) in [5, 5.41) is 11.6. The second-order valence-corrected chi connectivity index (χ2v) is 5.35. The van der Waals surface area contributed by atoms with Crippen molar-refractivity contribution in [3.63, 3.8) is 0 Å². The molecule has 0 radical (unpaired) electrons. The first kappa shape index (κ1) is 13.2. The molecule has 8 nitrogen and oxygen atoms in total. The smallest absolute Gasteiger partial charge is 0.332 e. The summed E-state index contributed by atoms with van der Waals surface area (Å²) in [6.07, 6.45) is -0.722. The van der Waals surface area contributed by atoms with Crippen molar-refractivity contribution in [2.45, 2.75) is 31.1 Å². The number of rotatable bonds is 2. The van der Waals surface area contributed by atoms with Crippen LogP contribution in [0.5, 0.6) is 0 Å². The maximum atomic E-state index is 12.3. The van der Waals surface area contributed by atoms with E-state index in [1.165, 1.54) is 0 Å². The number of aliphatic carboxylic acids is 1. The number of piperazine rings is 1. The summed E-state index contributed by atoms with van der Waals surface area (Å²) in [5.41, 5.74) is 0. The number of carbonyl (C=O) groups is 3. The molecule has 3 fully saturated rings. The molecule has 0 aliphatic carbocycles. The molecule has 1 unspecified atom stereocenters. The first-order valence-corrected chi connectivity index (χ1v) is 6.78. The SMILES string of the molecule is O=C(O)[C@H]1CC[C@@H](C(=O)N2CCN3C(=O)NCC3C2)O1. The quantitative estimate of drug-likeness (QED) is 0.667. The van der Waals surface area contributed by atoms with Crippen LogP contribution >= 0.6 is 0 Å². The van der Waals surface area contributed by atoms with Crippen molar-refractivity contribution in [1.82, 2.24) is 15.1 Å². The molecule has 3 aliphatic heterocycles. The molecule has 3 atom stereocenters. The molecule has 0 aromatic carbocycles. The van der Waals surface area contributed by atoms with E-state index >= 15 is 0 Å². The van der Waals surface area contributed by atoms with Crippen LogP contribution in [0.15, 0.2) is 0 Å². The van der Waals surface area contributed by atoms with Crippen molar-refractivity contribution < 1.29 is 24.2 Å². The van der Waals surface area contributed by atoms with Gasteiger partial charge < -0.3 is 25.0 Å². The van der Waals surface area contributed by atoms with E-state index in [-0.39, 0.29) is 18.0 Å². The number of carbonyl (C=O) groups excluding carboxylic acids is 2. The van der Waals surface area contributed by atoms with Crippen molar-refractivity contribution in [1.29, 1.82) is 0 Å². The lowest BCUT2D eigenvalue weighted by Crippen LogP contribution is -2.55. The standard InChI is InChI=1S/C12H17N3O5/c16-10(8-1-2-9(20-8)11(17)18)14-3-4-15-7(6-14)5-13-12(15)19/h7-9H,1-6H2,(H,13,19)(H,17,18)/t7?,8-,9+/m0/s1. The van der Waals surface area contributed by atoms with Gasteiger partial charge in [0.15, 0.2) is 6.10 Å². The molecule has 2 N–H and O–H groups in total. The van der Waals surface area contributed by atoms with E-state index in [9.17, 15) is 14.4 Å². The number of hydrogen-bond donors (Lipinski definition) is 2. The number of hydrogen-bond acceptors (Lipinski definition) is 4. The fourth-order valence-corrected chi connectivity index (χ4v) is 3.01. The van der Waals surface area contributed by atoms with Crippen molar-refractivity contribution >= 4 is 17.9 Å². The van der Waals surface area contributed by atoms with Gasteiger partial charge in [0.05, 0.1) is 6.04 Å². The average Bonchev–Trinajstić information content (AvgIpc) is 3.05. The predicted molar refractivity (Wildman–Crippen MR) is 66.0 cm³/mol. The van der Waals surface area contributed by atoms with Gasteiger partial charge in [0, 0.05) is 26.2 Å². The molecule has 8 heteroatoms. The second kappa shape index (κ2) is 4.93. The van der Waals surface area contributed by atoms with Crippen molar-refractivity contribution in [2.24, 2.45) is 0 Å². The zero-order chi connectivity index (χ0) is 14.3. The zero-order valence-corrected chi connectivity index (χ0v) is 10.9. The van der Waals surface area contributed by atoms with Crippen LogP contribution < -0.4 is 5.32 Å². The molecule has 20 heavy (non-hydrogen) atoms. The zero-order valence-electron chi connectivity index (χ0n) is 10.9. The van der Waals surface area contributed by atoms with E-state index in [0.29, 0.717) is 39.0 Å².